The van der Waals surface area contributed by atoms with Crippen LogP contribution in [0.2, 0.25) is 0 Å². The second-order valence-electron chi connectivity index (χ2n) is 6.14. The Labute approximate surface area is 120 Å². The summed E-state index contributed by atoms with van der Waals surface area (Å²) in [6.45, 7) is 2.56. The SMILES string of the molecule is NC(=O)N1CC(NCC2CC2)CC(c2ccccc2)C1. The molecule has 0 spiro atoms. The Bertz CT molecular complexity index is 458. The third-order valence-corrected chi connectivity index (χ3v) is 4.43. The highest BCUT2D eigenvalue weighted by Gasteiger charge is 2.31. The Morgan fingerprint density at radius 3 is 2.65 bits per heavy atom. The summed E-state index contributed by atoms with van der Waals surface area (Å²) in [4.78, 5) is 13.3. The monoisotopic (exact) mass is 273 g/mol. The van der Waals surface area contributed by atoms with E-state index in [2.05, 4.69) is 29.6 Å². The quantitative estimate of drug-likeness (QED) is 0.880. The van der Waals surface area contributed by atoms with E-state index in [9.17, 15) is 4.79 Å². The lowest BCUT2D eigenvalue weighted by molar-refractivity contribution is 0.171. The van der Waals surface area contributed by atoms with Crippen LogP contribution in [-0.2, 0) is 0 Å². The zero-order valence-electron chi connectivity index (χ0n) is 11.8. The first-order valence-electron chi connectivity index (χ1n) is 7.55. The van der Waals surface area contributed by atoms with Crippen molar-refractivity contribution < 1.29 is 4.79 Å². The van der Waals surface area contributed by atoms with Crippen molar-refractivity contribution >= 4 is 6.03 Å². The lowest BCUT2D eigenvalue weighted by atomic mass is 9.88. The number of benzene rings is 1. The van der Waals surface area contributed by atoms with Crippen LogP contribution in [0.3, 0.4) is 0 Å². The first-order chi connectivity index (χ1) is 9.72. The summed E-state index contributed by atoms with van der Waals surface area (Å²) in [6.07, 6.45) is 3.78. The van der Waals surface area contributed by atoms with Gasteiger partial charge in [0.1, 0.15) is 0 Å². The molecule has 2 atom stereocenters. The van der Waals surface area contributed by atoms with Gasteiger partial charge < -0.3 is 16.0 Å². The van der Waals surface area contributed by atoms with Crippen LogP contribution in [0, 0.1) is 5.92 Å². The van der Waals surface area contributed by atoms with E-state index in [0.29, 0.717) is 12.0 Å². The van der Waals surface area contributed by atoms with Crippen LogP contribution in [0.25, 0.3) is 0 Å². The Hall–Kier alpha value is -1.55. The number of nitrogens with zero attached hydrogens (tertiary/aromatic N) is 1. The second kappa shape index (κ2) is 5.83. The number of urea groups is 1. The van der Waals surface area contributed by atoms with Crippen molar-refractivity contribution in [1.29, 1.82) is 0 Å². The van der Waals surface area contributed by atoms with Crippen molar-refractivity contribution in [2.45, 2.75) is 31.2 Å². The van der Waals surface area contributed by atoms with E-state index in [1.54, 1.807) is 4.90 Å². The number of hydrogen-bond donors (Lipinski definition) is 2. The summed E-state index contributed by atoms with van der Waals surface area (Å²) in [5, 5.41) is 3.62. The van der Waals surface area contributed by atoms with Gasteiger partial charge in [0.15, 0.2) is 0 Å². The average Bonchev–Trinajstić information content (AvgIpc) is 3.30. The molecule has 4 nitrogen and oxygen atoms in total. The number of likely N-dealkylation sites (tertiary alicyclic amines) is 1. The van der Waals surface area contributed by atoms with E-state index in [-0.39, 0.29) is 6.03 Å². The molecule has 2 aliphatic rings. The van der Waals surface area contributed by atoms with Crippen molar-refractivity contribution in [2.75, 3.05) is 19.6 Å². The highest BCUT2D eigenvalue weighted by molar-refractivity contribution is 5.72. The first kappa shape index (κ1) is 13.4. The highest BCUT2D eigenvalue weighted by atomic mass is 16.2. The molecule has 1 saturated heterocycles. The lowest BCUT2D eigenvalue weighted by Gasteiger charge is -2.37. The average molecular weight is 273 g/mol. The number of primary amides is 1. The minimum absolute atomic E-state index is 0.302. The number of rotatable bonds is 4. The summed E-state index contributed by atoms with van der Waals surface area (Å²) in [6, 6.07) is 10.5. The van der Waals surface area contributed by atoms with E-state index in [4.69, 9.17) is 5.73 Å². The van der Waals surface area contributed by atoms with E-state index in [1.165, 1.54) is 18.4 Å². The maximum atomic E-state index is 11.5. The van der Waals surface area contributed by atoms with Crippen LogP contribution >= 0.6 is 0 Å². The van der Waals surface area contributed by atoms with Crippen LogP contribution in [0.5, 0.6) is 0 Å². The molecule has 0 bridgehead atoms. The number of carbonyl (C=O) groups excluding carboxylic acids is 1. The molecule has 0 aromatic heterocycles. The second-order valence-corrected chi connectivity index (χ2v) is 6.14. The predicted molar refractivity (Wildman–Crippen MR) is 79.5 cm³/mol. The van der Waals surface area contributed by atoms with Gasteiger partial charge in [-0.25, -0.2) is 4.79 Å². The van der Waals surface area contributed by atoms with Gasteiger partial charge in [0.2, 0.25) is 0 Å². The van der Waals surface area contributed by atoms with Gasteiger partial charge in [-0.15, -0.1) is 0 Å². The number of nitrogens with two attached hydrogens (primary N) is 1. The minimum atomic E-state index is -0.302. The summed E-state index contributed by atoms with van der Waals surface area (Å²) >= 11 is 0. The van der Waals surface area contributed by atoms with Gasteiger partial charge in [-0.1, -0.05) is 30.3 Å². The van der Waals surface area contributed by atoms with Gasteiger partial charge in [0.05, 0.1) is 0 Å². The molecule has 1 saturated carbocycles. The van der Waals surface area contributed by atoms with E-state index >= 15 is 0 Å². The Morgan fingerprint density at radius 1 is 1.25 bits per heavy atom. The molecule has 1 aliphatic carbocycles. The molecule has 1 aromatic carbocycles. The van der Waals surface area contributed by atoms with Gasteiger partial charge in [0, 0.05) is 25.0 Å². The zero-order valence-corrected chi connectivity index (χ0v) is 11.8. The molecule has 1 heterocycles. The fourth-order valence-corrected chi connectivity index (χ4v) is 3.05. The van der Waals surface area contributed by atoms with E-state index < -0.39 is 0 Å². The highest BCUT2D eigenvalue weighted by Crippen LogP contribution is 2.30. The van der Waals surface area contributed by atoms with Crippen LogP contribution in [0.15, 0.2) is 30.3 Å². The molecule has 4 heteroatoms. The Kier molecular flexibility index (Phi) is 3.92. The van der Waals surface area contributed by atoms with Crippen molar-refractivity contribution in [3.05, 3.63) is 35.9 Å². The predicted octanol–water partition coefficient (Wildman–Crippen LogP) is 1.92. The van der Waals surface area contributed by atoms with Crippen molar-refractivity contribution in [3.63, 3.8) is 0 Å². The number of carbonyl (C=O) groups is 1. The van der Waals surface area contributed by atoms with Gasteiger partial charge in [-0.05, 0) is 37.3 Å². The van der Waals surface area contributed by atoms with Gasteiger partial charge >= 0.3 is 6.03 Å². The third kappa shape index (κ3) is 3.31. The molecule has 108 valence electrons. The lowest BCUT2D eigenvalue weighted by Crippen LogP contribution is -2.52. The fourth-order valence-electron chi connectivity index (χ4n) is 3.05. The standard InChI is InChI=1S/C16H23N3O/c17-16(20)19-10-14(13-4-2-1-3-5-13)8-15(11-19)18-9-12-6-7-12/h1-5,12,14-15,18H,6-11H2,(H2,17,20). The summed E-state index contributed by atoms with van der Waals surface area (Å²) < 4.78 is 0. The van der Waals surface area contributed by atoms with Crippen molar-refractivity contribution in [3.8, 4) is 0 Å². The summed E-state index contributed by atoms with van der Waals surface area (Å²) in [5.41, 5.74) is 6.80. The summed E-state index contributed by atoms with van der Waals surface area (Å²) in [5.74, 6) is 1.24. The topological polar surface area (TPSA) is 58.4 Å². The van der Waals surface area contributed by atoms with Crippen LogP contribution in [0.1, 0.15) is 30.7 Å². The molecule has 1 aromatic rings. The van der Waals surface area contributed by atoms with E-state index in [0.717, 1.165) is 32.0 Å². The van der Waals surface area contributed by atoms with Gasteiger partial charge in [-0.2, -0.15) is 0 Å². The summed E-state index contributed by atoms with van der Waals surface area (Å²) in [7, 11) is 0. The maximum Gasteiger partial charge on any atom is 0.314 e. The molecule has 1 aliphatic heterocycles. The maximum absolute atomic E-state index is 11.5. The number of amides is 2. The third-order valence-electron chi connectivity index (χ3n) is 4.43. The van der Waals surface area contributed by atoms with Gasteiger partial charge in [0.25, 0.3) is 0 Å². The molecule has 2 amide bonds. The number of piperidine rings is 1. The Balaban J connectivity index is 1.67. The van der Waals surface area contributed by atoms with Crippen LogP contribution in [0.4, 0.5) is 4.79 Å². The smallest absolute Gasteiger partial charge is 0.314 e. The molecule has 20 heavy (non-hydrogen) atoms. The van der Waals surface area contributed by atoms with Crippen LogP contribution < -0.4 is 11.1 Å². The largest absolute Gasteiger partial charge is 0.351 e. The van der Waals surface area contributed by atoms with E-state index in [1.807, 2.05) is 6.07 Å². The molecular weight excluding hydrogens is 250 g/mol. The zero-order chi connectivity index (χ0) is 13.9. The Morgan fingerprint density at radius 2 is 2.00 bits per heavy atom. The fraction of sp³-hybridized carbons (Fsp3) is 0.562. The number of hydrogen-bond acceptors (Lipinski definition) is 2. The number of nitrogens with one attached hydrogen (secondary N) is 1. The molecule has 0 radical (unpaired) electrons. The minimum Gasteiger partial charge on any atom is -0.351 e. The molecule has 3 rings (SSSR count). The first-order valence-corrected chi connectivity index (χ1v) is 7.55. The molecular formula is C16H23N3O. The van der Waals surface area contributed by atoms with Crippen molar-refractivity contribution in [1.82, 2.24) is 10.2 Å². The molecule has 2 fully saturated rings. The van der Waals surface area contributed by atoms with Gasteiger partial charge in [-0.3, -0.25) is 0 Å². The van der Waals surface area contributed by atoms with Crippen molar-refractivity contribution in [2.24, 2.45) is 11.7 Å². The normalized spacial score (nSPS) is 26.5. The molecule has 2 unspecified atom stereocenters. The van der Waals surface area contributed by atoms with Crippen LogP contribution in [-0.4, -0.2) is 36.6 Å². The molecule has 3 N–H and O–H groups in total.